The molecule has 0 radical (unpaired) electrons. The van der Waals surface area contributed by atoms with Gasteiger partial charge in [0.1, 0.15) is 0 Å². The monoisotopic (exact) mass is 577 g/mol. The third-order valence-electron chi connectivity index (χ3n) is 7.44. The lowest BCUT2D eigenvalue weighted by molar-refractivity contribution is -0.140. The second kappa shape index (κ2) is 10.5. The number of allylic oxidation sites excluding steroid dienone is 2. The zero-order valence-electron chi connectivity index (χ0n) is 19.4. The van der Waals surface area contributed by atoms with Gasteiger partial charge < -0.3 is 15.5 Å². The number of nitrogens with one attached hydrogen (secondary N) is 2. The number of piperidine rings is 1. The van der Waals surface area contributed by atoms with Gasteiger partial charge in [0.15, 0.2) is 5.96 Å². The van der Waals surface area contributed by atoms with Crippen LogP contribution in [0.4, 0.5) is 5.69 Å². The van der Waals surface area contributed by atoms with Crippen LogP contribution >= 0.6 is 24.0 Å². The van der Waals surface area contributed by atoms with E-state index >= 15 is 0 Å². The van der Waals surface area contributed by atoms with Gasteiger partial charge in [-0.2, -0.15) is 0 Å². The normalized spacial score (nSPS) is 27.8. The van der Waals surface area contributed by atoms with E-state index < -0.39 is 0 Å². The van der Waals surface area contributed by atoms with Crippen molar-refractivity contribution in [3.05, 3.63) is 42.0 Å². The highest BCUT2D eigenvalue weighted by atomic mass is 127. The van der Waals surface area contributed by atoms with Gasteiger partial charge in [-0.05, 0) is 48.8 Å². The van der Waals surface area contributed by atoms with Crippen LogP contribution < -0.4 is 15.5 Å². The predicted molar refractivity (Wildman–Crippen MR) is 141 cm³/mol. The SMILES string of the molecule is CN=C(NCCN1C(=O)C2C3C=CC(C3)C2C1=O)NCc1ccc(N2CCCCC2=O)cc1.I. The Morgan fingerprint density at radius 2 is 1.68 bits per heavy atom. The third kappa shape index (κ3) is 4.58. The maximum atomic E-state index is 12.8. The number of imide groups is 1. The van der Waals surface area contributed by atoms with Crippen LogP contribution in [-0.4, -0.2) is 55.3 Å². The fourth-order valence-corrected chi connectivity index (χ4v) is 5.75. The molecule has 4 aliphatic rings. The lowest BCUT2D eigenvalue weighted by atomic mass is 9.85. The van der Waals surface area contributed by atoms with Gasteiger partial charge >= 0.3 is 0 Å². The first-order valence-corrected chi connectivity index (χ1v) is 11.9. The molecule has 3 amide bonds. The van der Waals surface area contributed by atoms with E-state index in [1.54, 1.807) is 7.05 Å². The summed E-state index contributed by atoms with van der Waals surface area (Å²) in [6.45, 7) is 2.17. The predicted octanol–water partition coefficient (Wildman–Crippen LogP) is 2.29. The average molecular weight is 577 g/mol. The summed E-state index contributed by atoms with van der Waals surface area (Å²) in [7, 11) is 1.69. The summed E-state index contributed by atoms with van der Waals surface area (Å²) in [4.78, 5) is 45.2. The summed E-state index contributed by atoms with van der Waals surface area (Å²) in [6, 6.07) is 8.00. The van der Waals surface area contributed by atoms with Crippen molar-refractivity contribution in [1.29, 1.82) is 0 Å². The third-order valence-corrected chi connectivity index (χ3v) is 7.44. The number of benzene rings is 1. The molecule has 2 bridgehead atoms. The largest absolute Gasteiger partial charge is 0.355 e. The first kappa shape index (κ1) is 24.7. The van der Waals surface area contributed by atoms with E-state index in [4.69, 9.17) is 0 Å². The van der Waals surface area contributed by atoms with Gasteiger partial charge in [0.05, 0.1) is 11.8 Å². The molecule has 1 aromatic carbocycles. The van der Waals surface area contributed by atoms with Crippen molar-refractivity contribution in [2.24, 2.45) is 28.7 Å². The maximum absolute atomic E-state index is 12.8. The number of hydrogen-bond acceptors (Lipinski definition) is 4. The standard InChI is InChI=1S/C25H31N5O3.HI/c1-26-25(28-15-16-5-9-19(10-6-16)29-12-3-2-4-20(29)31)27-11-13-30-23(32)21-17-7-8-18(14-17)22(21)24(30)33;/h5-10,17-18,21-22H,2-4,11-15H2,1H3,(H2,26,27,28);1H. The Morgan fingerprint density at radius 1 is 1.00 bits per heavy atom. The molecule has 4 atom stereocenters. The number of anilines is 1. The van der Waals surface area contributed by atoms with E-state index in [1.165, 1.54) is 4.90 Å². The Labute approximate surface area is 217 Å². The highest BCUT2D eigenvalue weighted by Crippen LogP contribution is 2.52. The Balaban J connectivity index is 0.00000274. The van der Waals surface area contributed by atoms with Crippen LogP contribution in [0.5, 0.6) is 0 Å². The zero-order chi connectivity index (χ0) is 22.9. The number of likely N-dealkylation sites (tertiary alicyclic amines) is 1. The summed E-state index contributed by atoms with van der Waals surface area (Å²) in [6.07, 6.45) is 7.82. The molecule has 2 aliphatic heterocycles. The number of fused-ring (bicyclic) bond motifs is 5. The summed E-state index contributed by atoms with van der Waals surface area (Å²) >= 11 is 0. The summed E-state index contributed by atoms with van der Waals surface area (Å²) in [5.74, 6) is 0.969. The van der Waals surface area contributed by atoms with Crippen LogP contribution in [0.25, 0.3) is 0 Å². The van der Waals surface area contributed by atoms with Gasteiger partial charge in [0, 0.05) is 45.3 Å². The van der Waals surface area contributed by atoms with Crippen molar-refractivity contribution in [2.75, 3.05) is 31.6 Å². The van der Waals surface area contributed by atoms with Crippen LogP contribution in [0.1, 0.15) is 31.2 Å². The molecule has 2 aliphatic carbocycles. The van der Waals surface area contributed by atoms with Crippen molar-refractivity contribution in [1.82, 2.24) is 15.5 Å². The second-order valence-electron chi connectivity index (χ2n) is 9.35. The molecule has 3 fully saturated rings. The van der Waals surface area contributed by atoms with Crippen molar-refractivity contribution >= 4 is 53.3 Å². The smallest absolute Gasteiger partial charge is 0.233 e. The fraction of sp³-hybridized carbons (Fsp3) is 0.520. The average Bonchev–Trinajstić information content (AvgIpc) is 3.52. The van der Waals surface area contributed by atoms with Gasteiger partial charge in [-0.3, -0.25) is 24.3 Å². The van der Waals surface area contributed by atoms with Gasteiger partial charge in [0.2, 0.25) is 17.7 Å². The Morgan fingerprint density at radius 3 is 2.29 bits per heavy atom. The van der Waals surface area contributed by atoms with Crippen molar-refractivity contribution in [2.45, 2.75) is 32.2 Å². The second-order valence-corrected chi connectivity index (χ2v) is 9.35. The van der Waals surface area contributed by atoms with Crippen LogP contribution in [-0.2, 0) is 20.9 Å². The number of amides is 3. The molecule has 5 rings (SSSR count). The minimum atomic E-state index is -0.145. The Kier molecular flexibility index (Phi) is 7.59. The molecule has 1 saturated carbocycles. The molecule has 182 valence electrons. The number of aliphatic imine (C=N–C) groups is 1. The lowest BCUT2D eigenvalue weighted by Crippen LogP contribution is -2.43. The summed E-state index contributed by atoms with van der Waals surface area (Å²) < 4.78 is 0. The van der Waals surface area contributed by atoms with Gasteiger partial charge in [-0.15, -0.1) is 24.0 Å². The van der Waals surface area contributed by atoms with E-state index in [9.17, 15) is 14.4 Å². The number of carbonyl (C=O) groups is 3. The summed E-state index contributed by atoms with van der Waals surface area (Å²) in [5, 5.41) is 6.47. The number of halogens is 1. The van der Waals surface area contributed by atoms with Crippen molar-refractivity contribution in [3.8, 4) is 0 Å². The van der Waals surface area contributed by atoms with Gasteiger partial charge in [-0.25, -0.2) is 0 Å². The molecule has 2 N–H and O–H groups in total. The molecule has 1 aromatic rings. The molecular weight excluding hydrogens is 545 g/mol. The van der Waals surface area contributed by atoms with E-state index in [0.29, 0.717) is 32.0 Å². The zero-order valence-corrected chi connectivity index (χ0v) is 21.7. The fourth-order valence-electron chi connectivity index (χ4n) is 5.75. The summed E-state index contributed by atoms with van der Waals surface area (Å²) in [5.41, 5.74) is 2.02. The lowest BCUT2D eigenvalue weighted by Gasteiger charge is -2.26. The van der Waals surface area contributed by atoms with E-state index in [2.05, 4.69) is 27.8 Å². The van der Waals surface area contributed by atoms with Crippen LogP contribution in [0.2, 0.25) is 0 Å². The molecule has 34 heavy (non-hydrogen) atoms. The highest BCUT2D eigenvalue weighted by molar-refractivity contribution is 14.0. The number of guanidine groups is 1. The minimum Gasteiger partial charge on any atom is -0.355 e. The number of hydrogen-bond donors (Lipinski definition) is 2. The molecule has 8 nitrogen and oxygen atoms in total. The molecule has 2 saturated heterocycles. The van der Waals surface area contributed by atoms with Crippen LogP contribution in [0.15, 0.2) is 41.4 Å². The molecule has 9 heteroatoms. The first-order valence-electron chi connectivity index (χ1n) is 11.9. The molecule has 0 aromatic heterocycles. The number of nitrogens with zero attached hydrogens (tertiary/aromatic N) is 3. The quantitative estimate of drug-likeness (QED) is 0.178. The highest BCUT2D eigenvalue weighted by Gasteiger charge is 2.58. The molecule has 2 heterocycles. The molecular formula is C25H32IN5O3. The number of rotatable bonds is 6. The van der Waals surface area contributed by atoms with Gasteiger partial charge in [-0.1, -0.05) is 24.3 Å². The van der Waals surface area contributed by atoms with E-state index in [-0.39, 0.29) is 65.4 Å². The Hall–Kier alpha value is -2.43. The first-order chi connectivity index (χ1) is 16.1. The Bertz CT molecular complexity index is 978. The topological polar surface area (TPSA) is 94.1 Å². The van der Waals surface area contributed by atoms with E-state index in [0.717, 1.165) is 37.1 Å². The van der Waals surface area contributed by atoms with E-state index in [1.807, 2.05) is 29.2 Å². The maximum Gasteiger partial charge on any atom is 0.233 e. The molecule has 4 unspecified atom stereocenters. The van der Waals surface area contributed by atoms with Crippen LogP contribution in [0.3, 0.4) is 0 Å². The number of carbonyl (C=O) groups excluding carboxylic acids is 3. The van der Waals surface area contributed by atoms with Crippen LogP contribution in [0, 0.1) is 23.7 Å². The molecule has 0 spiro atoms. The van der Waals surface area contributed by atoms with Gasteiger partial charge in [0.25, 0.3) is 0 Å². The van der Waals surface area contributed by atoms with Crippen molar-refractivity contribution < 1.29 is 14.4 Å². The minimum absolute atomic E-state index is 0. The van der Waals surface area contributed by atoms with Crippen molar-refractivity contribution in [3.63, 3.8) is 0 Å².